The summed E-state index contributed by atoms with van der Waals surface area (Å²) in [5, 5.41) is 7.44. The van der Waals surface area contributed by atoms with Gasteiger partial charge in [0.2, 0.25) is 5.91 Å². The molecule has 0 aromatic heterocycles. The number of carbonyl (C=O) groups excluding carboxylic acids is 1. The number of thiocarbonyl (C=S) groups is 1. The van der Waals surface area contributed by atoms with E-state index in [1.54, 1.807) is 0 Å². The lowest BCUT2D eigenvalue weighted by Gasteiger charge is -2.35. The number of likely N-dealkylation sites (tertiary alicyclic amines) is 1. The normalized spacial score (nSPS) is 19.2. The molecular weight excluding hydrogens is 342 g/mol. The van der Waals surface area contributed by atoms with Gasteiger partial charge in [-0.25, -0.2) is 0 Å². The Morgan fingerprint density at radius 2 is 1.77 bits per heavy atom. The Kier molecular flexibility index (Phi) is 6.52. The number of nitrogens with zero attached hydrogens (tertiary/aromatic N) is 1. The van der Waals surface area contributed by atoms with E-state index < -0.39 is 0 Å². The Bertz CT molecular complexity index is 647. The van der Waals surface area contributed by atoms with Crippen molar-refractivity contribution in [1.82, 2.24) is 10.2 Å². The molecule has 1 aliphatic carbocycles. The Morgan fingerprint density at radius 3 is 2.46 bits per heavy atom. The molecule has 4 nitrogen and oxygen atoms in total. The maximum Gasteiger partial charge on any atom is 0.225 e. The molecule has 2 fully saturated rings. The van der Waals surface area contributed by atoms with Gasteiger partial charge in [0.15, 0.2) is 5.11 Å². The third kappa shape index (κ3) is 4.76. The Balaban J connectivity index is 1.45. The van der Waals surface area contributed by atoms with Crippen LogP contribution in [0.3, 0.4) is 0 Å². The molecule has 0 bridgehead atoms. The van der Waals surface area contributed by atoms with Crippen LogP contribution in [0, 0.1) is 19.8 Å². The van der Waals surface area contributed by atoms with Gasteiger partial charge >= 0.3 is 0 Å². The highest BCUT2D eigenvalue weighted by Crippen LogP contribution is 2.26. The topological polar surface area (TPSA) is 44.4 Å². The maximum absolute atomic E-state index is 12.7. The zero-order valence-electron chi connectivity index (χ0n) is 16.0. The Morgan fingerprint density at radius 1 is 1.08 bits per heavy atom. The first kappa shape index (κ1) is 19.2. The van der Waals surface area contributed by atoms with Gasteiger partial charge in [0.05, 0.1) is 0 Å². The van der Waals surface area contributed by atoms with Crippen molar-refractivity contribution in [2.24, 2.45) is 5.92 Å². The van der Waals surface area contributed by atoms with Crippen molar-refractivity contribution in [3.05, 3.63) is 29.3 Å². The predicted octanol–water partition coefficient (Wildman–Crippen LogP) is 4.16. The van der Waals surface area contributed by atoms with Crippen LogP contribution in [-0.4, -0.2) is 35.1 Å². The lowest BCUT2D eigenvalue weighted by atomic mass is 9.87. The molecule has 26 heavy (non-hydrogen) atoms. The SMILES string of the molecule is Cc1cccc(NC(=S)NC2CCN(C(=O)C3CCCCC3)CC2)c1C. The minimum absolute atomic E-state index is 0.278. The Labute approximate surface area is 162 Å². The van der Waals surface area contributed by atoms with Crippen LogP contribution >= 0.6 is 12.2 Å². The number of hydrogen-bond acceptors (Lipinski definition) is 2. The number of amides is 1. The third-order valence-corrected chi connectivity index (χ3v) is 6.17. The summed E-state index contributed by atoms with van der Waals surface area (Å²) in [6, 6.07) is 6.55. The molecule has 0 spiro atoms. The molecule has 1 amide bonds. The van der Waals surface area contributed by atoms with Crippen LogP contribution in [0.25, 0.3) is 0 Å². The average Bonchev–Trinajstić information content (AvgIpc) is 2.66. The smallest absolute Gasteiger partial charge is 0.225 e. The van der Waals surface area contributed by atoms with Gasteiger partial charge in [-0.05, 0) is 68.9 Å². The van der Waals surface area contributed by atoms with Crippen molar-refractivity contribution in [3.8, 4) is 0 Å². The fourth-order valence-corrected chi connectivity index (χ4v) is 4.36. The number of aryl methyl sites for hydroxylation is 1. The van der Waals surface area contributed by atoms with Crippen LogP contribution in [0.2, 0.25) is 0 Å². The van der Waals surface area contributed by atoms with Crippen LogP contribution in [0.4, 0.5) is 5.69 Å². The fraction of sp³-hybridized carbons (Fsp3) is 0.619. The summed E-state index contributed by atoms with van der Waals surface area (Å²) in [6.07, 6.45) is 7.82. The molecule has 1 saturated carbocycles. The second-order valence-electron chi connectivity index (χ2n) is 7.78. The van der Waals surface area contributed by atoms with Gasteiger partial charge < -0.3 is 15.5 Å². The first-order valence-electron chi connectivity index (χ1n) is 9.97. The highest BCUT2D eigenvalue weighted by atomic mass is 32.1. The van der Waals surface area contributed by atoms with E-state index >= 15 is 0 Å². The van der Waals surface area contributed by atoms with E-state index in [0.29, 0.717) is 17.1 Å². The van der Waals surface area contributed by atoms with E-state index in [2.05, 4.69) is 41.5 Å². The highest BCUT2D eigenvalue weighted by Gasteiger charge is 2.29. The quantitative estimate of drug-likeness (QED) is 0.781. The fourth-order valence-electron chi connectivity index (χ4n) is 4.08. The van der Waals surface area contributed by atoms with Gasteiger partial charge in [0.25, 0.3) is 0 Å². The van der Waals surface area contributed by atoms with Crippen LogP contribution in [-0.2, 0) is 4.79 Å². The second-order valence-corrected chi connectivity index (χ2v) is 8.19. The maximum atomic E-state index is 12.7. The standard InChI is InChI=1S/C21H31N3OS/c1-15-7-6-10-19(16(15)2)23-21(26)22-18-11-13-24(14-12-18)20(25)17-8-4-3-5-9-17/h6-7,10,17-18H,3-5,8-9,11-14H2,1-2H3,(H2,22,23,26). The van der Waals surface area contributed by atoms with Gasteiger partial charge in [-0.1, -0.05) is 31.4 Å². The number of benzene rings is 1. The van der Waals surface area contributed by atoms with Crippen LogP contribution in [0.1, 0.15) is 56.1 Å². The first-order chi connectivity index (χ1) is 12.5. The summed E-state index contributed by atoms with van der Waals surface area (Å²) < 4.78 is 0. The van der Waals surface area contributed by atoms with Crippen molar-refractivity contribution < 1.29 is 4.79 Å². The molecule has 1 saturated heterocycles. The molecule has 1 heterocycles. The number of carbonyl (C=O) groups is 1. The molecule has 5 heteroatoms. The summed E-state index contributed by atoms with van der Waals surface area (Å²) in [6.45, 7) is 5.91. The van der Waals surface area contributed by atoms with Crippen molar-refractivity contribution >= 4 is 28.9 Å². The minimum atomic E-state index is 0.278. The lowest BCUT2D eigenvalue weighted by molar-refractivity contribution is -0.137. The van der Waals surface area contributed by atoms with E-state index in [0.717, 1.165) is 44.5 Å². The number of anilines is 1. The first-order valence-corrected chi connectivity index (χ1v) is 10.4. The summed E-state index contributed by atoms with van der Waals surface area (Å²) in [5.74, 6) is 0.666. The number of nitrogens with one attached hydrogen (secondary N) is 2. The number of hydrogen-bond donors (Lipinski definition) is 2. The van der Waals surface area contributed by atoms with E-state index in [-0.39, 0.29) is 5.92 Å². The summed E-state index contributed by atoms with van der Waals surface area (Å²) in [4.78, 5) is 14.7. The molecule has 2 aliphatic rings. The number of piperidine rings is 1. The van der Waals surface area contributed by atoms with Gasteiger partial charge in [-0.15, -0.1) is 0 Å². The van der Waals surface area contributed by atoms with E-state index in [1.165, 1.54) is 30.4 Å². The molecule has 142 valence electrons. The van der Waals surface area contributed by atoms with E-state index in [4.69, 9.17) is 12.2 Å². The zero-order valence-corrected chi connectivity index (χ0v) is 16.8. The molecule has 0 radical (unpaired) electrons. The summed E-state index contributed by atoms with van der Waals surface area (Å²) >= 11 is 5.50. The van der Waals surface area contributed by atoms with Crippen LogP contribution in [0.5, 0.6) is 0 Å². The molecule has 1 aromatic carbocycles. The predicted molar refractivity (Wildman–Crippen MR) is 111 cm³/mol. The van der Waals surface area contributed by atoms with E-state index in [1.807, 2.05) is 6.07 Å². The number of rotatable bonds is 3. The second kappa shape index (κ2) is 8.85. The molecule has 1 aromatic rings. The minimum Gasteiger partial charge on any atom is -0.360 e. The van der Waals surface area contributed by atoms with Crippen molar-refractivity contribution in [1.29, 1.82) is 0 Å². The van der Waals surface area contributed by atoms with Crippen molar-refractivity contribution in [3.63, 3.8) is 0 Å². The van der Waals surface area contributed by atoms with Gasteiger partial charge in [-0.3, -0.25) is 4.79 Å². The highest BCUT2D eigenvalue weighted by molar-refractivity contribution is 7.80. The van der Waals surface area contributed by atoms with Crippen LogP contribution < -0.4 is 10.6 Å². The summed E-state index contributed by atoms with van der Waals surface area (Å²) in [7, 11) is 0. The molecule has 3 rings (SSSR count). The molecular formula is C21H31N3OS. The monoisotopic (exact) mass is 373 g/mol. The largest absolute Gasteiger partial charge is 0.360 e. The molecule has 0 unspecified atom stereocenters. The third-order valence-electron chi connectivity index (χ3n) is 5.95. The lowest BCUT2D eigenvalue weighted by Crippen LogP contribution is -2.49. The van der Waals surface area contributed by atoms with Crippen LogP contribution in [0.15, 0.2) is 18.2 Å². The zero-order chi connectivity index (χ0) is 18.5. The van der Waals surface area contributed by atoms with E-state index in [9.17, 15) is 4.79 Å². The average molecular weight is 374 g/mol. The van der Waals surface area contributed by atoms with Crippen molar-refractivity contribution in [2.75, 3.05) is 18.4 Å². The van der Waals surface area contributed by atoms with Crippen molar-refractivity contribution in [2.45, 2.75) is 64.8 Å². The molecule has 2 N–H and O–H groups in total. The van der Waals surface area contributed by atoms with Gasteiger partial charge in [-0.2, -0.15) is 0 Å². The van der Waals surface area contributed by atoms with Gasteiger partial charge in [0, 0.05) is 30.7 Å². The summed E-state index contributed by atoms with van der Waals surface area (Å²) in [5.41, 5.74) is 3.55. The molecule has 0 atom stereocenters. The molecule has 1 aliphatic heterocycles. The Hall–Kier alpha value is -1.62. The van der Waals surface area contributed by atoms with Gasteiger partial charge in [0.1, 0.15) is 0 Å².